The SMILES string of the molecule is CCC(OC1CCCCC1)C(=O)NC(C(=O)O)c1ccc(OC)c(F)c1. The molecular formula is C19H26FNO5. The van der Waals surface area contributed by atoms with E-state index in [4.69, 9.17) is 9.47 Å². The van der Waals surface area contributed by atoms with Crippen LogP contribution in [0.15, 0.2) is 18.2 Å². The van der Waals surface area contributed by atoms with E-state index in [0.29, 0.717) is 6.42 Å². The number of benzene rings is 1. The van der Waals surface area contributed by atoms with Gasteiger partial charge in [0.25, 0.3) is 0 Å². The molecule has 1 aromatic carbocycles. The van der Waals surface area contributed by atoms with Crippen LogP contribution in [0.1, 0.15) is 57.1 Å². The van der Waals surface area contributed by atoms with Crippen molar-refractivity contribution >= 4 is 11.9 Å². The zero-order valence-electron chi connectivity index (χ0n) is 15.2. The Kier molecular flexibility index (Phi) is 7.38. The first kappa shape index (κ1) is 20.2. The number of aliphatic carboxylic acids is 1. The second-order valence-electron chi connectivity index (χ2n) is 6.47. The molecule has 144 valence electrons. The van der Waals surface area contributed by atoms with Gasteiger partial charge < -0.3 is 19.9 Å². The van der Waals surface area contributed by atoms with Crippen LogP contribution in [-0.4, -0.2) is 36.3 Å². The highest BCUT2D eigenvalue weighted by molar-refractivity contribution is 5.87. The van der Waals surface area contributed by atoms with Gasteiger partial charge in [-0.1, -0.05) is 32.3 Å². The minimum atomic E-state index is -1.35. The first-order chi connectivity index (χ1) is 12.5. The van der Waals surface area contributed by atoms with Crippen LogP contribution in [0.4, 0.5) is 4.39 Å². The third-order valence-electron chi connectivity index (χ3n) is 4.61. The summed E-state index contributed by atoms with van der Waals surface area (Å²) in [5, 5.41) is 11.9. The molecule has 26 heavy (non-hydrogen) atoms. The van der Waals surface area contributed by atoms with Gasteiger partial charge >= 0.3 is 5.97 Å². The quantitative estimate of drug-likeness (QED) is 0.737. The molecule has 0 spiro atoms. The lowest BCUT2D eigenvalue weighted by atomic mass is 9.97. The van der Waals surface area contributed by atoms with Gasteiger partial charge in [0.2, 0.25) is 5.91 Å². The van der Waals surface area contributed by atoms with Crippen molar-refractivity contribution in [1.82, 2.24) is 5.32 Å². The average Bonchev–Trinajstić information content (AvgIpc) is 2.64. The van der Waals surface area contributed by atoms with Gasteiger partial charge in [0.05, 0.1) is 13.2 Å². The van der Waals surface area contributed by atoms with Crippen LogP contribution in [0.25, 0.3) is 0 Å². The maximum Gasteiger partial charge on any atom is 0.330 e. The average molecular weight is 367 g/mol. The minimum absolute atomic E-state index is 0.0104. The van der Waals surface area contributed by atoms with Gasteiger partial charge in [-0.3, -0.25) is 4.79 Å². The number of methoxy groups -OCH3 is 1. The zero-order chi connectivity index (χ0) is 19.1. The smallest absolute Gasteiger partial charge is 0.330 e. The van der Waals surface area contributed by atoms with Crippen LogP contribution in [0, 0.1) is 5.82 Å². The summed E-state index contributed by atoms with van der Waals surface area (Å²) in [4.78, 5) is 24.1. The van der Waals surface area contributed by atoms with E-state index in [9.17, 15) is 19.1 Å². The molecule has 2 N–H and O–H groups in total. The van der Waals surface area contributed by atoms with Crippen molar-refractivity contribution in [3.8, 4) is 5.75 Å². The number of halogens is 1. The van der Waals surface area contributed by atoms with Gasteiger partial charge in [-0.25, -0.2) is 9.18 Å². The van der Waals surface area contributed by atoms with Crippen LogP contribution in [-0.2, 0) is 14.3 Å². The largest absolute Gasteiger partial charge is 0.494 e. The maximum absolute atomic E-state index is 13.9. The van der Waals surface area contributed by atoms with E-state index in [1.54, 1.807) is 0 Å². The fourth-order valence-electron chi connectivity index (χ4n) is 3.16. The Morgan fingerprint density at radius 3 is 2.54 bits per heavy atom. The monoisotopic (exact) mass is 367 g/mol. The second-order valence-corrected chi connectivity index (χ2v) is 6.47. The molecule has 2 atom stereocenters. The standard InChI is InChI=1S/C19H26FNO5/c1-3-15(26-13-7-5-4-6-8-13)18(22)21-17(19(23)24)12-9-10-16(25-2)14(20)11-12/h9-11,13,15,17H,3-8H2,1-2H3,(H,21,22)(H,23,24). The zero-order valence-corrected chi connectivity index (χ0v) is 15.2. The van der Waals surface area contributed by atoms with Gasteiger partial charge in [-0.15, -0.1) is 0 Å². The molecule has 1 fully saturated rings. The first-order valence-corrected chi connectivity index (χ1v) is 8.98. The molecule has 0 heterocycles. The Bertz CT molecular complexity index is 630. The van der Waals surface area contributed by atoms with Crippen LogP contribution in [0.2, 0.25) is 0 Å². The van der Waals surface area contributed by atoms with Crippen molar-refractivity contribution in [2.75, 3.05) is 7.11 Å². The summed E-state index contributed by atoms with van der Waals surface area (Å²) < 4.78 is 24.6. The van der Waals surface area contributed by atoms with Crippen molar-refractivity contribution in [1.29, 1.82) is 0 Å². The highest BCUT2D eigenvalue weighted by Crippen LogP contribution is 2.24. The normalized spacial score (nSPS) is 17.3. The van der Waals surface area contributed by atoms with E-state index in [1.165, 1.54) is 25.7 Å². The second kappa shape index (κ2) is 9.52. The number of hydrogen-bond donors (Lipinski definition) is 2. The van der Waals surface area contributed by atoms with E-state index in [1.807, 2.05) is 6.92 Å². The number of carboxylic acids is 1. The van der Waals surface area contributed by atoms with Gasteiger partial charge in [0.15, 0.2) is 17.6 Å². The maximum atomic E-state index is 13.9. The third kappa shape index (κ3) is 5.17. The van der Waals surface area contributed by atoms with Crippen LogP contribution >= 0.6 is 0 Å². The molecule has 0 aromatic heterocycles. The first-order valence-electron chi connectivity index (χ1n) is 8.98. The van der Waals surface area contributed by atoms with Gasteiger partial charge in [0.1, 0.15) is 6.10 Å². The Morgan fingerprint density at radius 1 is 1.31 bits per heavy atom. The molecule has 0 aliphatic heterocycles. The summed E-state index contributed by atoms with van der Waals surface area (Å²) in [6.45, 7) is 1.82. The molecule has 1 aliphatic carbocycles. The Morgan fingerprint density at radius 2 is 2.00 bits per heavy atom. The molecule has 1 amide bonds. The number of carbonyl (C=O) groups excluding carboxylic acids is 1. The lowest BCUT2D eigenvalue weighted by Gasteiger charge is -2.27. The fourth-order valence-corrected chi connectivity index (χ4v) is 3.16. The summed E-state index contributed by atoms with van der Waals surface area (Å²) in [5.41, 5.74) is 0.136. The highest BCUT2D eigenvalue weighted by Gasteiger charge is 2.29. The third-order valence-corrected chi connectivity index (χ3v) is 4.61. The van der Waals surface area contributed by atoms with Gasteiger partial charge in [0, 0.05) is 0 Å². The Hall–Kier alpha value is -2.15. The molecule has 0 bridgehead atoms. The van der Waals surface area contributed by atoms with Crippen LogP contribution in [0.3, 0.4) is 0 Å². The summed E-state index contributed by atoms with van der Waals surface area (Å²) in [7, 11) is 1.32. The van der Waals surface area contributed by atoms with Crippen molar-refractivity contribution < 1.29 is 28.6 Å². The molecule has 0 saturated heterocycles. The number of nitrogens with one attached hydrogen (secondary N) is 1. The number of rotatable bonds is 8. The predicted molar refractivity (Wildman–Crippen MR) is 93.5 cm³/mol. The van der Waals surface area contributed by atoms with E-state index < -0.39 is 29.8 Å². The van der Waals surface area contributed by atoms with Crippen molar-refractivity contribution in [3.05, 3.63) is 29.6 Å². The number of carboxylic acid groups (broad SMARTS) is 1. The fraction of sp³-hybridized carbons (Fsp3) is 0.579. The van der Waals surface area contributed by atoms with Crippen molar-refractivity contribution in [3.63, 3.8) is 0 Å². The van der Waals surface area contributed by atoms with Crippen LogP contribution in [0.5, 0.6) is 5.75 Å². The molecule has 0 radical (unpaired) electrons. The molecule has 2 rings (SSSR count). The van der Waals surface area contributed by atoms with Crippen molar-refractivity contribution in [2.45, 2.75) is 63.7 Å². The molecule has 1 saturated carbocycles. The molecule has 2 unspecified atom stereocenters. The minimum Gasteiger partial charge on any atom is -0.494 e. The predicted octanol–water partition coefficient (Wildman–Crippen LogP) is 3.20. The Labute approximate surface area is 152 Å². The summed E-state index contributed by atoms with van der Waals surface area (Å²) in [6.07, 6.45) is 4.89. The van der Waals surface area contributed by atoms with E-state index in [2.05, 4.69) is 5.32 Å². The van der Waals surface area contributed by atoms with Crippen molar-refractivity contribution in [2.24, 2.45) is 0 Å². The van der Waals surface area contributed by atoms with Gasteiger partial charge in [-0.05, 0) is 37.0 Å². The topological polar surface area (TPSA) is 84.9 Å². The lowest BCUT2D eigenvalue weighted by molar-refractivity contribution is -0.146. The number of ether oxygens (including phenoxy) is 2. The molecular weight excluding hydrogens is 341 g/mol. The lowest BCUT2D eigenvalue weighted by Crippen LogP contribution is -2.42. The molecule has 1 aliphatic rings. The summed E-state index contributed by atoms with van der Waals surface area (Å²) in [5.74, 6) is -2.44. The number of carbonyl (C=O) groups is 2. The van der Waals surface area contributed by atoms with E-state index in [-0.39, 0.29) is 17.4 Å². The number of hydrogen-bond acceptors (Lipinski definition) is 4. The molecule has 6 nitrogen and oxygen atoms in total. The number of amides is 1. The molecule has 1 aromatic rings. The van der Waals surface area contributed by atoms with Crippen LogP contribution < -0.4 is 10.1 Å². The summed E-state index contributed by atoms with van der Waals surface area (Å²) >= 11 is 0. The molecule has 7 heteroatoms. The Balaban J connectivity index is 2.08. The van der Waals surface area contributed by atoms with E-state index >= 15 is 0 Å². The van der Waals surface area contributed by atoms with E-state index in [0.717, 1.165) is 31.7 Å². The van der Waals surface area contributed by atoms with Gasteiger partial charge in [-0.2, -0.15) is 0 Å². The highest BCUT2D eigenvalue weighted by atomic mass is 19.1. The summed E-state index contributed by atoms with van der Waals surface area (Å²) in [6, 6.07) is 2.46.